The molecular weight excluding hydrogens is 481 g/mol. The van der Waals surface area contributed by atoms with Gasteiger partial charge in [-0.25, -0.2) is 14.4 Å². The van der Waals surface area contributed by atoms with Gasteiger partial charge >= 0.3 is 0 Å². The number of thiophene rings is 1. The number of nitrogens with one attached hydrogen (secondary N) is 2. The van der Waals surface area contributed by atoms with Crippen LogP contribution in [0.25, 0.3) is 11.4 Å². The van der Waals surface area contributed by atoms with E-state index >= 15 is 0 Å². The first-order valence-corrected chi connectivity index (χ1v) is 12.8. The molecule has 2 aliphatic carbocycles. The van der Waals surface area contributed by atoms with Crippen molar-refractivity contribution in [1.29, 1.82) is 0 Å². The van der Waals surface area contributed by atoms with E-state index in [1.807, 2.05) is 6.92 Å². The Labute approximate surface area is 210 Å². The van der Waals surface area contributed by atoms with Crippen LogP contribution in [-0.2, 0) is 13.6 Å². The highest BCUT2D eigenvalue weighted by Crippen LogP contribution is 2.56. The van der Waals surface area contributed by atoms with Gasteiger partial charge in [0.05, 0.1) is 22.5 Å². The molecule has 0 saturated heterocycles. The SMILES string of the molecule is CCn1cc(Nc2nc(-c3ccc(F)c(NC(O)c4cc5c(s4)C4CCC5C4)n3)cn(C)c2=O)cn1. The van der Waals surface area contributed by atoms with E-state index in [-0.39, 0.29) is 17.2 Å². The molecule has 36 heavy (non-hydrogen) atoms. The van der Waals surface area contributed by atoms with Gasteiger partial charge in [-0.1, -0.05) is 0 Å². The molecule has 0 amide bonds. The minimum absolute atomic E-state index is 0.0779. The van der Waals surface area contributed by atoms with Crippen LogP contribution in [0.5, 0.6) is 0 Å². The molecule has 0 aromatic carbocycles. The first kappa shape index (κ1) is 22.9. The molecule has 0 spiro atoms. The Morgan fingerprint density at radius 3 is 2.78 bits per heavy atom. The number of fused-ring (bicyclic) bond motifs is 5. The van der Waals surface area contributed by atoms with E-state index in [1.165, 1.54) is 46.4 Å². The maximum absolute atomic E-state index is 14.7. The third-order valence-corrected chi connectivity index (χ3v) is 8.36. The van der Waals surface area contributed by atoms with Crippen molar-refractivity contribution in [2.24, 2.45) is 7.05 Å². The van der Waals surface area contributed by atoms with Crippen molar-refractivity contribution in [3.05, 3.63) is 68.3 Å². The molecule has 3 unspecified atom stereocenters. The third kappa shape index (κ3) is 3.97. The Kier molecular flexibility index (Phi) is 5.60. The lowest BCUT2D eigenvalue weighted by atomic mass is 9.99. The van der Waals surface area contributed by atoms with Crippen molar-refractivity contribution >= 4 is 28.7 Å². The van der Waals surface area contributed by atoms with E-state index in [1.54, 1.807) is 41.7 Å². The summed E-state index contributed by atoms with van der Waals surface area (Å²) in [4.78, 5) is 23.6. The van der Waals surface area contributed by atoms with Gasteiger partial charge in [0.15, 0.2) is 23.7 Å². The minimum atomic E-state index is -1.07. The number of halogens is 1. The summed E-state index contributed by atoms with van der Waals surface area (Å²) < 4.78 is 17.8. The van der Waals surface area contributed by atoms with Crippen LogP contribution in [0.3, 0.4) is 0 Å². The molecule has 1 saturated carbocycles. The second-order valence-corrected chi connectivity index (χ2v) is 10.5. The van der Waals surface area contributed by atoms with Gasteiger partial charge < -0.3 is 20.3 Å². The number of anilines is 3. The van der Waals surface area contributed by atoms with E-state index < -0.39 is 12.0 Å². The lowest BCUT2D eigenvalue weighted by Crippen LogP contribution is -2.21. The number of hydrogen-bond donors (Lipinski definition) is 3. The Bertz CT molecular complexity index is 1480. The van der Waals surface area contributed by atoms with Crippen LogP contribution in [0.1, 0.15) is 59.6 Å². The van der Waals surface area contributed by atoms with Crippen LogP contribution in [0, 0.1) is 5.82 Å². The summed E-state index contributed by atoms with van der Waals surface area (Å²) in [5.74, 6) is 0.636. The van der Waals surface area contributed by atoms with E-state index in [4.69, 9.17) is 0 Å². The molecule has 6 rings (SSSR count). The zero-order valence-electron chi connectivity index (χ0n) is 19.9. The van der Waals surface area contributed by atoms with E-state index in [2.05, 4.69) is 31.8 Å². The van der Waals surface area contributed by atoms with E-state index in [0.29, 0.717) is 35.5 Å². The van der Waals surface area contributed by atoms with Crippen LogP contribution in [0.4, 0.5) is 21.7 Å². The van der Waals surface area contributed by atoms with Gasteiger partial charge in [0, 0.05) is 30.9 Å². The molecule has 2 aliphatic rings. The van der Waals surface area contributed by atoms with Crippen molar-refractivity contribution in [3.8, 4) is 11.4 Å². The highest BCUT2D eigenvalue weighted by atomic mass is 32.1. The van der Waals surface area contributed by atoms with Gasteiger partial charge in [0.25, 0.3) is 5.56 Å². The largest absolute Gasteiger partial charge is 0.369 e. The predicted molar refractivity (Wildman–Crippen MR) is 136 cm³/mol. The zero-order chi connectivity index (χ0) is 25.0. The van der Waals surface area contributed by atoms with Crippen molar-refractivity contribution in [1.82, 2.24) is 24.3 Å². The Morgan fingerprint density at radius 1 is 1.19 bits per heavy atom. The fourth-order valence-corrected chi connectivity index (χ4v) is 6.48. The smallest absolute Gasteiger partial charge is 0.293 e. The van der Waals surface area contributed by atoms with Crippen LogP contribution in [-0.4, -0.2) is 29.4 Å². The van der Waals surface area contributed by atoms with Crippen LogP contribution in [0.2, 0.25) is 0 Å². The summed E-state index contributed by atoms with van der Waals surface area (Å²) in [6.45, 7) is 2.66. The fraction of sp³-hybridized carbons (Fsp3) is 0.360. The molecule has 4 aromatic heterocycles. The molecule has 186 valence electrons. The molecule has 0 radical (unpaired) electrons. The highest BCUT2D eigenvalue weighted by Gasteiger charge is 2.39. The van der Waals surface area contributed by atoms with E-state index in [0.717, 1.165) is 4.88 Å². The average molecular weight is 508 g/mol. The summed E-state index contributed by atoms with van der Waals surface area (Å²) >= 11 is 1.60. The Morgan fingerprint density at radius 2 is 2.00 bits per heavy atom. The van der Waals surface area contributed by atoms with Crippen molar-refractivity contribution in [2.75, 3.05) is 10.6 Å². The summed E-state index contributed by atoms with van der Waals surface area (Å²) in [7, 11) is 1.61. The third-order valence-electron chi connectivity index (χ3n) is 7.00. The minimum Gasteiger partial charge on any atom is -0.369 e. The monoisotopic (exact) mass is 507 g/mol. The Balaban J connectivity index is 1.27. The molecule has 2 bridgehead atoms. The molecule has 4 aromatic rings. The molecule has 4 heterocycles. The topological polar surface area (TPSA) is 110 Å². The number of nitrogens with zero attached hydrogens (tertiary/aromatic N) is 5. The van der Waals surface area contributed by atoms with Crippen LogP contribution in [0.15, 0.2) is 41.6 Å². The fourth-order valence-electron chi connectivity index (χ4n) is 5.15. The quantitative estimate of drug-likeness (QED) is 0.317. The maximum atomic E-state index is 14.7. The summed E-state index contributed by atoms with van der Waals surface area (Å²) in [6, 6.07) is 4.82. The summed E-state index contributed by atoms with van der Waals surface area (Å²) in [5, 5.41) is 20.9. The van der Waals surface area contributed by atoms with Gasteiger partial charge in [-0.15, -0.1) is 11.3 Å². The predicted octanol–water partition coefficient (Wildman–Crippen LogP) is 4.47. The number of aliphatic hydroxyl groups excluding tert-OH is 1. The number of pyridine rings is 1. The Hall–Kier alpha value is -3.57. The van der Waals surface area contributed by atoms with Crippen LogP contribution < -0.4 is 16.2 Å². The van der Waals surface area contributed by atoms with Gasteiger partial charge in [-0.05, 0) is 61.8 Å². The number of aliphatic hydroxyl groups is 1. The lowest BCUT2D eigenvalue weighted by molar-refractivity contribution is 0.211. The maximum Gasteiger partial charge on any atom is 0.293 e. The van der Waals surface area contributed by atoms with Crippen molar-refractivity contribution in [2.45, 2.75) is 50.8 Å². The van der Waals surface area contributed by atoms with E-state index in [9.17, 15) is 14.3 Å². The lowest BCUT2D eigenvalue weighted by Gasteiger charge is -2.14. The van der Waals surface area contributed by atoms with Gasteiger partial charge in [-0.2, -0.15) is 5.10 Å². The second-order valence-electron chi connectivity index (χ2n) is 9.35. The molecule has 3 atom stereocenters. The standard InChI is InChI=1S/C25H26FN7O2S/c1-3-33-11-15(10-27-33)28-23-25(35)32(2)12-19(30-23)18-7-6-17(26)22(29-18)31-24(34)20-9-16-13-4-5-14(8-13)21(16)36-20/h6-7,9-14,24,34H,3-5,8H2,1-2H3,(H,28,30)(H,29,31). The molecule has 3 N–H and O–H groups in total. The van der Waals surface area contributed by atoms with Crippen LogP contribution >= 0.6 is 11.3 Å². The summed E-state index contributed by atoms with van der Waals surface area (Å²) in [5.41, 5.74) is 2.40. The van der Waals surface area contributed by atoms with Gasteiger partial charge in [0.2, 0.25) is 0 Å². The average Bonchev–Trinajstić information content (AvgIpc) is 3.65. The van der Waals surface area contributed by atoms with Gasteiger partial charge in [0.1, 0.15) is 5.69 Å². The number of rotatable bonds is 7. The first-order valence-electron chi connectivity index (χ1n) is 12.0. The number of aryl methyl sites for hydroxylation is 2. The number of hydrogen-bond acceptors (Lipinski definition) is 8. The molecule has 1 fully saturated rings. The molecule has 9 nitrogen and oxygen atoms in total. The van der Waals surface area contributed by atoms with Crippen molar-refractivity contribution < 1.29 is 9.50 Å². The summed E-state index contributed by atoms with van der Waals surface area (Å²) in [6.07, 6.45) is 7.50. The van der Waals surface area contributed by atoms with Crippen molar-refractivity contribution in [3.63, 3.8) is 0 Å². The zero-order valence-corrected chi connectivity index (χ0v) is 20.7. The highest BCUT2D eigenvalue weighted by molar-refractivity contribution is 7.12. The second kappa shape index (κ2) is 8.82. The molecular formula is C25H26FN7O2S. The first-order chi connectivity index (χ1) is 17.4. The molecule has 0 aliphatic heterocycles. The number of aromatic nitrogens is 5. The van der Waals surface area contributed by atoms with Gasteiger partial charge in [-0.3, -0.25) is 9.48 Å². The molecule has 11 heteroatoms. The normalized spacial score (nSPS) is 18.9.